The van der Waals surface area contributed by atoms with Gasteiger partial charge in [-0.3, -0.25) is 14.4 Å². The normalized spacial score (nSPS) is 17.4. The van der Waals surface area contributed by atoms with Crippen LogP contribution in [-0.2, 0) is 50.2 Å². The van der Waals surface area contributed by atoms with Crippen molar-refractivity contribution in [1.29, 1.82) is 5.26 Å². The van der Waals surface area contributed by atoms with E-state index in [1.54, 1.807) is 31.2 Å². The fourth-order valence-electron chi connectivity index (χ4n) is 5.28. The van der Waals surface area contributed by atoms with Crippen LogP contribution in [0.1, 0.15) is 49.3 Å². The third-order valence-corrected chi connectivity index (χ3v) is 9.41. The molecule has 54 heavy (non-hydrogen) atoms. The lowest BCUT2D eigenvalue weighted by molar-refractivity contribution is -0.164. The minimum absolute atomic E-state index is 0.0279. The van der Waals surface area contributed by atoms with Gasteiger partial charge in [0.1, 0.15) is 36.7 Å². The molecule has 4 rings (SSSR count). The van der Waals surface area contributed by atoms with E-state index in [1.165, 1.54) is 53.4 Å². The lowest BCUT2D eigenvalue weighted by Crippen LogP contribution is -2.47. The van der Waals surface area contributed by atoms with E-state index in [-0.39, 0.29) is 75.0 Å². The number of allylic oxidation sites excluding steroid dienone is 2. The number of aromatic nitrogens is 3. The Morgan fingerprint density at radius 2 is 1.81 bits per heavy atom. The highest BCUT2D eigenvalue weighted by Crippen LogP contribution is 2.42. The number of ether oxygens (including phenoxy) is 5. The molecule has 0 bridgehead atoms. The van der Waals surface area contributed by atoms with Gasteiger partial charge in [-0.1, -0.05) is 36.9 Å². The molecule has 0 saturated carbocycles. The van der Waals surface area contributed by atoms with Gasteiger partial charge in [-0.15, -0.1) is 11.8 Å². The van der Waals surface area contributed by atoms with Gasteiger partial charge in [0.25, 0.3) is 0 Å². The third kappa shape index (κ3) is 12.4. The largest absolute Gasteiger partial charge is 0.466 e. The highest BCUT2D eigenvalue weighted by Gasteiger charge is 2.46. The van der Waals surface area contributed by atoms with Gasteiger partial charge in [-0.05, 0) is 43.7 Å². The monoisotopic (exact) mass is 768 g/mol. The van der Waals surface area contributed by atoms with E-state index >= 15 is 4.39 Å². The maximum atomic E-state index is 15.6. The van der Waals surface area contributed by atoms with Crippen molar-refractivity contribution in [3.63, 3.8) is 0 Å². The van der Waals surface area contributed by atoms with Crippen molar-refractivity contribution in [3.8, 4) is 6.07 Å². The van der Waals surface area contributed by atoms with Gasteiger partial charge < -0.3 is 23.7 Å². The van der Waals surface area contributed by atoms with E-state index in [0.29, 0.717) is 11.6 Å². The number of hydrogen-bond donors (Lipinski definition) is 0. The van der Waals surface area contributed by atoms with E-state index in [0.717, 1.165) is 12.1 Å². The summed E-state index contributed by atoms with van der Waals surface area (Å²) in [6.07, 6.45) is 9.24. The zero-order valence-electron chi connectivity index (χ0n) is 29.4. The predicted octanol–water partition coefficient (Wildman–Crippen LogP) is 5.97. The second kappa shape index (κ2) is 20.9. The molecule has 16 heteroatoms. The molecule has 2 atom stereocenters. The van der Waals surface area contributed by atoms with Crippen LogP contribution in [-0.4, -0.2) is 75.9 Å². The van der Waals surface area contributed by atoms with Crippen molar-refractivity contribution in [3.05, 3.63) is 114 Å². The van der Waals surface area contributed by atoms with Gasteiger partial charge in [0, 0.05) is 28.9 Å². The van der Waals surface area contributed by atoms with Crippen LogP contribution in [0.15, 0.2) is 79.9 Å². The highest BCUT2D eigenvalue weighted by atomic mass is 32.2. The molecular formula is C38H39F3N4O8S. The van der Waals surface area contributed by atoms with E-state index in [1.807, 2.05) is 6.07 Å². The first-order valence-corrected chi connectivity index (χ1v) is 17.8. The fraction of sp³-hybridized carbons (Fsp3) is 0.368. The Hall–Kier alpha value is -5.24. The fourth-order valence-corrected chi connectivity index (χ4v) is 6.64. The first-order chi connectivity index (χ1) is 26.0. The van der Waals surface area contributed by atoms with Crippen LogP contribution in [0, 0.1) is 28.8 Å². The van der Waals surface area contributed by atoms with Crippen molar-refractivity contribution in [2.24, 2.45) is 0 Å². The quantitative estimate of drug-likeness (QED) is 0.0465. The van der Waals surface area contributed by atoms with Gasteiger partial charge in [-0.2, -0.15) is 10.4 Å². The highest BCUT2D eigenvalue weighted by molar-refractivity contribution is 8.00. The zero-order valence-corrected chi connectivity index (χ0v) is 30.2. The average molecular weight is 769 g/mol. The number of benzene rings is 2. The predicted molar refractivity (Wildman–Crippen MR) is 191 cm³/mol. The van der Waals surface area contributed by atoms with E-state index in [9.17, 15) is 23.2 Å². The maximum Gasteiger partial charge on any atom is 0.306 e. The van der Waals surface area contributed by atoms with Crippen molar-refractivity contribution >= 4 is 35.7 Å². The van der Waals surface area contributed by atoms with Crippen LogP contribution in [0.2, 0.25) is 0 Å². The van der Waals surface area contributed by atoms with Crippen LogP contribution >= 0.6 is 11.8 Å². The Bertz CT molecular complexity index is 1840. The lowest BCUT2D eigenvalue weighted by Gasteiger charge is -2.40. The van der Waals surface area contributed by atoms with Gasteiger partial charge in [0.15, 0.2) is 11.9 Å². The van der Waals surface area contributed by atoms with Crippen LogP contribution in [0.3, 0.4) is 0 Å². The molecular weight excluding hydrogens is 729 g/mol. The average Bonchev–Trinajstić information content (AvgIpc) is 3.67. The van der Waals surface area contributed by atoms with Gasteiger partial charge >= 0.3 is 17.9 Å². The molecule has 3 aromatic rings. The molecule has 2 aromatic carbocycles. The van der Waals surface area contributed by atoms with Crippen LogP contribution in [0.5, 0.6) is 0 Å². The summed E-state index contributed by atoms with van der Waals surface area (Å²) < 4.78 is 73.1. The minimum Gasteiger partial charge on any atom is -0.466 e. The summed E-state index contributed by atoms with van der Waals surface area (Å²) in [5.41, 5.74) is -1.30. The van der Waals surface area contributed by atoms with Crippen molar-refractivity contribution < 1.29 is 51.2 Å². The molecule has 0 aliphatic carbocycles. The summed E-state index contributed by atoms with van der Waals surface area (Å²) in [6, 6.07) is 9.05. The second-order valence-corrected chi connectivity index (χ2v) is 13.5. The standard InChI is InChI=1S/C38H39F3N4O8S/c1-3-16-49-34(46)14-15-35(47)50-17-6-8-36(48)53-38(23-45-25-43-24-44-45,31-13-12-29(39)19-33(31)41)26(2)54-30-21-51-37(52-22-30)9-5-4-7-28-11-10-27(20-42)18-32(28)40/h3-5,7,9-13,18-19,24-26,30,37H,1,6,8,14-17,21-23H2,2H3/b7-4+,9-5+/t26-,30-,37-,38-/m1/s1. The molecule has 1 aromatic heterocycles. The summed E-state index contributed by atoms with van der Waals surface area (Å²) in [4.78, 5) is 41.1. The number of hydrogen-bond acceptors (Lipinski definition) is 12. The number of carbonyl (C=O) groups excluding carboxylic acids is 3. The van der Waals surface area contributed by atoms with Gasteiger partial charge in [0.05, 0.1) is 56.1 Å². The van der Waals surface area contributed by atoms with Crippen molar-refractivity contribution in [1.82, 2.24) is 14.8 Å². The maximum absolute atomic E-state index is 15.6. The number of rotatable bonds is 19. The molecule has 0 spiro atoms. The van der Waals surface area contributed by atoms with Crippen molar-refractivity contribution in [2.75, 3.05) is 26.4 Å². The van der Waals surface area contributed by atoms with E-state index in [2.05, 4.69) is 16.7 Å². The summed E-state index contributed by atoms with van der Waals surface area (Å²) in [5.74, 6) is -4.26. The molecule has 0 N–H and O–H groups in total. The second-order valence-electron chi connectivity index (χ2n) is 11.9. The molecule has 2 heterocycles. The molecule has 0 unspecified atom stereocenters. The van der Waals surface area contributed by atoms with Crippen LogP contribution in [0.25, 0.3) is 6.08 Å². The Balaban J connectivity index is 1.41. The molecule has 1 aliphatic rings. The molecule has 0 radical (unpaired) electrons. The lowest BCUT2D eigenvalue weighted by atomic mass is 9.89. The zero-order chi connectivity index (χ0) is 38.9. The molecule has 1 aliphatic heterocycles. The minimum atomic E-state index is -1.74. The van der Waals surface area contributed by atoms with Crippen LogP contribution in [0.4, 0.5) is 13.2 Å². The Labute approximate surface area is 314 Å². The number of halogens is 3. The number of nitriles is 1. The van der Waals surface area contributed by atoms with E-state index < -0.39 is 52.5 Å². The topological polar surface area (TPSA) is 152 Å². The molecule has 286 valence electrons. The summed E-state index contributed by atoms with van der Waals surface area (Å²) in [6.45, 7) is 5.29. The van der Waals surface area contributed by atoms with Crippen molar-refractivity contribution in [2.45, 2.75) is 61.5 Å². The molecule has 1 saturated heterocycles. The third-order valence-electron chi connectivity index (χ3n) is 7.96. The molecule has 0 amide bonds. The number of thioether (sulfide) groups is 1. The molecule has 12 nitrogen and oxygen atoms in total. The first-order valence-electron chi connectivity index (χ1n) is 16.9. The Kier molecular flexibility index (Phi) is 16.0. The Morgan fingerprint density at radius 3 is 2.48 bits per heavy atom. The number of carbonyl (C=O) groups is 3. The summed E-state index contributed by atoms with van der Waals surface area (Å²) in [7, 11) is 0. The smallest absolute Gasteiger partial charge is 0.306 e. The number of nitrogens with zero attached hydrogens (tertiary/aromatic N) is 4. The first kappa shape index (κ1) is 41.5. The van der Waals surface area contributed by atoms with Gasteiger partial charge in [-0.25, -0.2) is 22.8 Å². The van der Waals surface area contributed by atoms with Gasteiger partial charge in [0.2, 0.25) is 0 Å². The van der Waals surface area contributed by atoms with E-state index in [4.69, 9.17) is 28.9 Å². The van der Waals surface area contributed by atoms with Crippen LogP contribution < -0.4 is 0 Å². The molecule has 1 fully saturated rings. The summed E-state index contributed by atoms with van der Waals surface area (Å²) >= 11 is 1.31. The number of esters is 3. The Morgan fingerprint density at radius 1 is 1.06 bits per heavy atom. The summed E-state index contributed by atoms with van der Waals surface area (Å²) in [5, 5.41) is 12.1. The SMILES string of the molecule is C=CCOC(=O)CCC(=O)OCCCC(=O)O[C@@](Cn1cncn1)(c1ccc(F)cc1F)[C@@H](C)S[C@H]1CO[C@H](/C=C/C=C/c2ccc(C#N)cc2F)OC1.